The number of amides is 1. The summed E-state index contributed by atoms with van der Waals surface area (Å²) >= 11 is 1.57. The number of nitrogens with one attached hydrogen (secondary N) is 1. The Balaban J connectivity index is 1.52. The van der Waals surface area contributed by atoms with Crippen LogP contribution in [0.1, 0.15) is 29.3 Å². The van der Waals surface area contributed by atoms with Crippen molar-refractivity contribution in [3.05, 3.63) is 58.6 Å². The van der Waals surface area contributed by atoms with Crippen molar-refractivity contribution in [3.8, 4) is 0 Å². The molecule has 2 aromatic rings. The molecule has 1 aliphatic rings. The molecule has 1 amide bonds. The number of carbonyl (C=O) groups excluding carboxylic acids is 1. The van der Waals surface area contributed by atoms with Gasteiger partial charge in [-0.2, -0.15) is 0 Å². The molecule has 1 atom stereocenters. The normalized spacial score (nSPS) is 16.6. The Morgan fingerprint density at radius 2 is 2.18 bits per heavy atom. The van der Waals surface area contributed by atoms with Crippen LogP contribution in [0.2, 0.25) is 0 Å². The van der Waals surface area contributed by atoms with Crippen LogP contribution in [0.3, 0.4) is 0 Å². The molecule has 0 spiro atoms. The molecule has 1 aliphatic heterocycles. The zero-order chi connectivity index (χ0) is 15.2. The Kier molecular flexibility index (Phi) is 4.75. The Hall–Kier alpha value is -2.27. The predicted molar refractivity (Wildman–Crippen MR) is 90.5 cm³/mol. The third-order valence-electron chi connectivity index (χ3n) is 3.46. The molecule has 0 saturated heterocycles. The van der Waals surface area contributed by atoms with Gasteiger partial charge in [0, 0.05) is 30.1 Å². The lowest BCUT2D eigenvalue weighted by molar-refractivity contribution is -0.116. The number of hydrogen-bond acceptors (Lipinski definition) is 4. The van der Waals surface area contributed by atoms with Gasteiger partial charge in [-0.15, -0.1) is 11.3 Å². The molecule has 1 N–H and O–H groups in total. The largest absolute Gasteiger partial charge is 0.310 e. The molecule has 112 valence electrons. The van der Waals surface area contributed by atoms with Gasteiger partial charge >= 0.3 is 0 Å². The van der Waals surface area contributed by atoms with Gasteiger partial charge in [-0.05, 0) is 18.4 Å². The fourth-order valence-electron chi connectivity index (χ4n) is 2.27. The molecule has 3 rings (SSSR count). The first-order chi connectivity index (χ1) is 10.8. The number of nitrogens with zero attached hydrogens (tertiary/aromatic N) is 2. The number of aliphatic imine (C=N–C) groups is 1. The van der Waals surface area contributed by atoms with Crippen molar-refractivity contribution in [2.24, 2.45) is 4.99 Å². The Labute approximate surface area is 133 Å². The minimum atomic E-state index is 0.00134. The molecular weight excluding hydrogens is 294 g/mol. The summed E-state index contributed by atoms with van der Waals surface area (Å²) in [7, 11) is 0. The molecule has 0 bridgehead atoms. The molecule has 0 aliphatic carbocycles. The van der Waals surface area contributed by atoms with Crippen molar-refractivity contribution in [1.82, 2.24) is 4.98 Å². The van der Waals surface area contributed by atoms with E-state index in [0.717, 1.165) is 17.8 Å². The lowest BCUT2D eigenvalue weighted by atomic mass is 10.1. The highest BCUT2D eigenvalue weighted by atomic mass is 32.1. The lowest BCUT2D eigenvalue weighted by Gasteiger charge is -2.08. The molecule has 0 fully saturated rings. The van der Waals surface area contributed by atoms with Gasteiger partial charge in [0.1, 0.15) is 10.8 Å². The molecule has 5 heteroatoms. The van der Waals surface area contributed by atoms with Gasteiger partial charge in [-0.25, -0.2) is 4.98 Å². The van der Waals surface area contributed by atoms with E-state index in [9.17, 15) is 4.79 Å². The van der Waals surface area contributed by atoms with Crippen LogP contribution in [0, 0.1) is 0 Å². The first kappa shape index (κ1) is 14.7. The summed E-state index contributed by atoms with van der Waals surface area (Å²) in [4.78, 5) is 20.6. The molecule has 22 heavy (non-hydrogen) atoms. The fourth-order valence-corrected chi connectivity index (χ4v) is 3.12. The van der Waals surface area contributed by atoms with Crippen LogP contribution in [0.15, 0.2) is 53.0 Å². The zero-order valence-electron chi connectivity index (χ0n) is 12.1. The third-order valence-corrected chi connectivity index (χ3v) is 4.44. The van der Waals surface area contributed by atoms with Gasteiger partial charge in [0.15, 0.2) is 0 Å². The van der Waals surface area contributed by atoms with Gasteiger partial charge in [0.2, 0.25) is 5.91 Å². The monoisotopic (exact) mass is 311 g/mol. The average molecular weight is 311 g/mol. The smallest absolute Gasteiger partial charge is 0.225 e. The minimum Gasteiger partial charge on any atom is -0.310 e. The van der Waals surface area contributed by atoms with Crippen LogP contribution in [0.25, 0.3) is 0 Å². The summed E-state index contributed by atoms with van der Waals surface area (Å²) in [5.41, 5.74) is 1.17. The average Bonchev–Trinajstić information content (AvgIpc) is 3.03. The maximum absolute atomic E-state index is 12.0. The number of hydrogen-bond donors (Lipinski definition) is 1. The summed E-state index contributed by atoms with van der Waals surface area (Å²) in [6.07, 6.45) is 7.81. The summed E-state index contributed by atoms with van der Waals surface area (Å²) in [6, 6.07) is 10.0. The van der Waals surface area contributed by atoms with Crippen LogP contribution in [-0.2, 0) is 11.2 Å². The van der Waals surface area contributed by atoms with E-state index >= 15 is 0 Å². The van der Waals surface area contributed by atoms with Crippen molar-refractivity contribution in [2.75, 3.05) is 5.32 Å². The maximum atomic E-state index is 12.0. The zero-order valence-corrected chi connectivity index (χ0v) is 12.9. The topological polar surface area (TPSA) is 54.4 Å². The second-order valence-electron chi connectivity index (χ2n) is 5.12. The van der Waals surface area contributed by atoms with Crippen LogP contribution in [0.5, 0.6) is 0 Å². The van der Waals surface area contributed by atoms with Crippen LogP contribution in [-0.4, -0.2) is 17.1 Å². The van der Waals surface area contributed by atoms with Gasteiger partial charge < -0.3 is 5.32 Å². The van der Waals surface area contributed by atoms with Crippen LogP contribution in [0.4, 0.5) is 5.82 Å². The quantitative estimate of drug-likeness (QED) is 0.913. The highest BCUT2D eigenvalue weighted by molar-refractivity contribution is 7.10. The Morgan fingerprint density at radius 3 is 2.95 bits per heavy atom. The number of thiazole rings is 1. The molecule has 4 nitrogen and oxygen atoms in total. The number of anilines is 1. The van der Waals surface area contributed by atoms with Crippen LogP contribution >= 0.6 is 11.3 Å². The second-order valence-corrected chi connectivity index (χ2v) is 6.01. The highest BCUT2D eigenvalue weighted by Gasteiger charge is 2.14. The lowest BCUT2D eigenvalue weighted by Crippen LogP contribution is -2.12. The molecule has 1 unspecified atom stereocenters. The van der Waals surface area contributed by atoms with E-state index in [-0.39, 0.29) is 11.8 Å². The fraction of sp³-hybridized carbons (Fsp3) is 0.235. The standard InChI is InChI=1S/C17H17N3OS/c21-16(7-6-13-4-2-1-3-5-13)19-15-12-22-17(20-15)14-8-10-18-11-9-14/h1-5,8,10-12,14H,6-7,9H2,(H,19,21). The van der Waals surface area contributed by atoms with E-state index in [4.69, 9.17) is 0 Å². The van der Waals surface area contributed by atoms with E-state index in [1.165, 1.54) is 5.56 Å². The summed E-state index contributed by atoms with van der Waals surface area (Å²) in [5.74, 6) is 0.924. The Morgan fingerprint density at radius 1 is 1.32 bits per heavy atom. The SMILES string of the molecule is O=C(CCc1ccccc1)Nc1csc(C2C=CN=CC2)n1. The third kappa shape index (κ3) is 3.89. The minimum absolute atomic E-state index is 0.00134. The number of aromatic nitrogens is 1. The highest BCUT2D eigenvalue weighted by Crippen LogP contribution is 2.27. The first-order valence-electron chi connectivity index (χ1n) is 7.29. The molecule has 0 radical (unpaired) electrons. The van der Waals surface area contributed by atoms with Gasteiger partial charge in [-0.3, -0.25) is 9.79 Å². The number of rotatable bonds is 5. The molecular formula is C17H17N3OS. The number of carbonyl (C=O) groups is 1. The van der Waals surface area contributed by atoms with Gasteiger partial charge in [-0.1, -0.05) is 36.4 Å². The molecule has 1 aromatic carbocycles. The van der Waals surface area contributed by atoms with E-state index < -0.39 is 0 Å². The van der Waals surface area contributed by atoms with Crippen molar-refractivity contribution in [1.29, 1.82) is 0 Å². The summed E-state index contributed by atoms with van der Waals surface area (Å²) in [5, 5.41) is 5.79. The first-order valence-corrected chi connectivity index (χ1v) is 8.17. The Bertz CT molecular complexity index is 691. The van der Waals surface area contributed by atoms with E-state index in [2.05, 4.69) is 15.3 Å². The van der Waals surface area contributed by atoms with Gasteiger partial charge in [0.05, 0.1) is 0 Å². The summed E-state index contributed by atoms with van der Waals surface area (Å²) in [6.45, 7) is 0. The summed E-state index contributed by atoms with van der Waals surface area (Å²) < 4.78 is 0. The predicted octanol–water partition coefficient (Wildman–Crippen LogP) is 3.79. The molecule has 1 aromatic heterocycles. The molecule has 2 heterocycles. The van der Waals surface area contributed by atoms with Crippen molar-refractivity contribution >= 4 is 29.3 Å². The maximum Gasteiger partial charge on any atom is 0.225 e. The van der Waals surface area contributed by atoms with E-state index in [1.54, 1.807) is 17.5 Å². The van der Waals surface area contributed by atoms with Crippen molar-refractivity contribution in [2.45, 2.75) is 25.2 Å². The van der Waals surface area contributed by atoms with Crippen molar-refractivity contribution < 1.29 is 4.79 Å². The number of allylic oxidation sites excluding steroid dienone is 1. The van der Waals surface area contributed by atoms with E-state index in [1.807, 2.05) is 48.0 Å². The van der Waals surface area contributed by atoms with Crippen molar-refractivity contribution in [3.63, 3.8) is 0 Å². The second kappa shape index (κ2) is 7.13. The number of aryl methyl sites for hydroxylation is 1. The van der Waals surface area contributed by atoms with Gasteiger partial charge in [0.25, 0.3) is 0 Å². The number of benzene rings is 1. The molecule has 0 saturated carbocycles. The van der Waals surface area contributed by atoms with E-state index in [0.29, 0.717) is 12.2 Å². The van der Waals surface area contributed by atoms with Crippen LogP contribution < -0.4 is 5.32 Å².